The molecular weight excluding hydrogens is 286 g/mol. The Kier molecular flexibility index (Phi) is 5.89. The van der Waals surface area contributed by atoms with Crippen molar-refractivity contribution < 1.29 is 13.6 Å². The average Bonchev–Trinajstić information content (AvgIpc) is 2.75. The van der Waals surface area contributed by atoms with Gasteiger partial charge in [0.1, 0.15) is 11.6 Å². The third-order valence-corrected chi connectivity index (χ3v) is 3.63. The number of nitrogens with one attached hydrogen (secondary N) is 1. The summed E-state index contributed by atoms with van der Waals surface area (Å²) in [4.78, 5) is 12.0. The summed E-state index contributed by atoms with van der Waals surface area (Å²) in [5.74, 6) is -1.47. The summed E-state index contributed by atoms with van der Waals surface area (Å²) in [6, 6.07) is 2.96. The number of benzene rings is 1. The van der Waals surface area contributed by atoms with Gasteiger partial charge >= 0.3 is 0 Å². The topological polar surface area (TPSA) is 55.1 Å². The Morgan fingerprint density at radius 1 is 1.40 bits per heavy atom. The third-order valence-electron chi connectivity index (χ3n) is 3.63. The summed E-state index contributed by atoms with van der Waals surface area (Å²) in [5, 5.41) is 2.76. The zero-order valence-corrected chi connectivity index (χ0v) is 12.1. The zero-order chi connectivity index (χ0) is 14.0. The van der Waals surface area contributed by atoms with Crippen molar-refractivity contribution in [2.24, 2.45) is 11.7 Å². The molecule has 1 aromatic rings. The molecule has 3 nitrogen and oxygen atoms in total. The average molecular weight is 305 g/mol. The quantitative estimate of drug-likeness (QED) is 0.902. The first-order valence-corrected chi connectivity index (χ1v) is 6.48. The maximum absolute atomic E-state index is 13.6. The van der Waals surface area contributed by atoms with Crippen LogP contribution in [0, 0.1) is 17.6 Å². The predicted molar refractivity (Wildman–Crippen MR) is 75.5 cm³/mol. The molecule has 1 aromatic carbocycles. The van der Waals surface area contributed by atoms with Crippen molar-refractivity contribution in [1.82, 2.24) is 5.32 Å². The van der Waals surface area contributed by atoms with E-state index in [1.807, 2.05) is 0 Å². The van der Waals surface area contributed by atoms with E-state index in [9.17, 15) is 13.6 Å². The first-order chi connectivity index (χ1) is 8.97. The number of halogens is 3. The second-order valence-corrected chi connectivity index (χ2v) is 5.17. The molecule has 0 radical (unpaired) electrons. The van der Waals surface area contributed by atoms with Crippen LogP contribution in [0.1, 0.15) is 37.8 Å². The van der Waals surface area contributed by atoms with E-state index in [2.05, 4.69) is 5.32 Å². The Bertz CT molecular complexity index is 484. The fourth-order valence-corrected chi connectivity index (χ4v) is 2.52. The molecule has 20 heavy (non-hydrogen) atoms. The van der Waals surface area contributed by atoms with Gasteiger partial charge in [0.2, 0.25) is 5.91 Å². The lowest BCUT2D eigenvalue weighted by molar-refractivity contribution is -0.125. The summed E-state index contributed by atoms with van der Waals surface area (Å²) in [5.41, 5.74) is 6.05. The molecule has 2 rings (SSSR count). The molecule has 0 spiro atoms. The van der Waals surface area contributed by atoms with Crippen LogP contribution < -0.4 is 11.1 Å². The summed E-state index contributed by atoms with van der Waals surface area (Å²) >= 11 is 0. The second kappa shape index (κ2) is 6.99. The minimum Gasteiger partial charge on any atom is -0.349 e. The van der Waals surface area contributed by atoms with E-state index >= 15 is 0 Å². The molecule has 112 valence electrons. The van der Waals surface area contributed by atoms with E-state index in [0.29, 0.717) is 6.42 Å². The summed E-state index contributed by atoms with van der Waals surface area (Å²) in [6.45, 7) is 1.68. The second-order valence-electron chi connectivity index (χ2n) is 5.17. The summed E-state index contributed by atoms with van der Waals surface area (Å²) in [7, 11) is 0. The highest BCUT2D eigenvalue weighted by Crippen LogP contribution is 2.25. The van der Waals surface area contributed by atoms with E-state index in [1.54, 1.807) is 6.92 Å². The lowest BCUT2D eigenvalue weighted by Gasteiger charge is -2.18. The molecule has 1 fully saturated rings. The van der Waals surface area contributed by atoms with Crippen molar-refractivity contribution >= 4 is 18.3 Å². The van der Waals surface area contributed by atoms with Crippen LogP contribution in [0.2, 0.25) is 0 Å². The molecule has 0 saturated heterocycles. The predicted octanol–water partition coefficient (Wildman–Crippen LogP) is 2.69. The normalized spacial score (nSPS) is 23.0. The van der Waals surface area contributed by atoms with Gasteiger partial charge < -0.3 is 11.1 Å². The van der Waals surface area contributed by atoms with Crippen LogP contribution in [-0.2, 0) is 4.79 Å². The van der Waals surface area contributed by atoms with E-state index in [1.165, 1.54) is 12.1 Å². The van der Waals surface area contributed by atoms with Crippen LogP contribution >= 0.6 is 12.4 Å². The number of rotatable bonds is 3. The Balaban J connectivity index is 0.00000200. The van der Waals surface area contributed by atoms with Crippen molar-refractivity contribution in [1.29, 1.82) is 0 Å². The number of nitrogens with two attached hydrogens (primary N) is 1. The highest BCUT2D eigenvalue weighted by Gasteiger charge is 2.28. The Labute approximate surface area is 123 Å². The maximum Gasteiger partial charge on any atom is 0.223 e. The third kappa shape index (κ3) is 3.90. The Morgan fingerprint density at radius 3 is 2.65 bits per heavy atom. The standard InChI is InChI=1S/C14H18F2N2O.ClH/c1-8(12-5-3-10(15)7-13(12)16)18-14(19)9-2-4-11(17)6-9;/h3,5,7-9,11H,2,4,6,17H2,1H3,(H,18,19);1H. The van der Waals surface area contributed by atoms with Crippen molar-refractivity contribution in [3.63, 3.8) is 0 Å². The highest BCUT2D eigenvalue weighted by atomic mass is 35.5. The fourth-order valence-electron chi connectivity index (χ4n) is 2.52. The Morgan fingerprint density at radius 2 is 2.10 bits per heavy atom. The van der Waals surface area contributed by atoms with Crippen LogP contribution in [0.3, 0.4) is 0 Å². The minimum absolute atomic E-state index is 0. The number of carbonyl (C=O) groups is 1. The molecule has 3 atom stereocenters. The van der Waals surface area contributed by atoms with E-state index in [0.717, 1.165) is 18.9 Å². The molecule has 1 amide bonds. The van der Waals surface area contributed by atoms with Gasteiger partial charge in [0.25, 0.3) is 0 Å². The van der Waals surface area contributed by atoms with E-state index in [4.69, 9.17) is 5.73 Å². The van der Waals surface area contributed by atoms with Gasteiger partial charge in [0, 0.05) is 23.6 Å². The summed E-state index contributed by atoms with van der Waals surface area (Å²) in [6.07, 6.45) is 2.29. The van der Waals surface area contributed by atoms with Crippen molar-refractivity contribution in [2.75, 3.05) is 0 Å². The van der Waals surface area contributed by atoms with E-state index in [-0.39, 0.29) is 35.8 Å². The molecule has 1 saturated carbocycles. The van der Waals surface area contributed by atoms with Gasteiger partial charge in [-0.1, -0.05) is 6.07 Å². The molecule has 1 aliphatic rings. The maximum atomic E-state index is 13.6. The smallest absolute Gasteiger partial charge is 0.223 e. The molecule has 1 aliphatic carbocycles. The summed E-state index contributed by atoms with van der Waals surface area (Å²) < 4.78 is 26.4. The molecule has 3 unspecified atom stereocenters. The molecule has 0 heterocycles. The van der Waals surface area contributed by atoms with Crippen LogP contribution in [0.4, 0.5) is 8.78 Å². The monoisotopic (exact) mass is 304 g/mol. The first kappa shape index (κ1) is 16.9. The lowest BCUT2D eigenvalue weighted by Crippen LogP contribution is -2.32. The van der Waals surface area contributed by atoms with Crippen LogP contribution in [0.25, 0.3) is 0 Å². The number of amides is 1. The van der Waals surface area contributed by atoms with Crippen molar-refractivity contribution in [3.05, 3.63) is 35.4 Å². The molecule has 0 bridgehead atoms. The molecule has 0 aliphatic heterocycles. The van der Waals surface area contributed by atoms with Crippen molar-refractivity contribution in [3.8, 4) is 0 Å². The number of carbonyl (C=O) groups excluding carboxylic acids is 1. The van der Waals surface area contributed by atoms with Crippen LogP contribution in [0.5, 0.6) is 0 Å². The molecule has 3 N–H and O–H groups in total. The van der Waals surface area contributed by atoms with Crippen molar-refractivity contribution in [2.45, 2.75) is 38.3 Å². The van der Waals surface area contributed by atoms with Gasteiger partial charge in [-0.25, -0.2) is 8.78 Å². The minimum atomic E-state index is -0.643. The zero-order valence-electron chi connectivity index (χ0n) is 11.2. The molecule has 6 heteroatoms. The number of hydrogen-bond donors (Lipinski definition) is 2. The van der Waals surface area contributed by atoms with Gasteiger partial charge in [0.05, 0.1) is 6.04 Å². The van der Waals surface area contributed by atoms with Gasteiger partial charge in [-0.05, 0) is 32.3 Å². The van der Waals surface area contributed by atoms with Gasteiger partial charge in [-0.2, -0.15) is 0 Å². The van der Waals surface area contributed by atoms with Crippen LogP contribution in [-0.4, -0.2) is 11.9 Å². The van der Waals surface area contributed by atoms with Crippen LogP contribution in [0.15, 0.2) is 18.2 Å². The van der Waals surface area contributed by atoms with Gasteiger partial charge in [-0.15, -0.1) is 12.4 Å². The molecular formula is C14H19ClF2N2O. The first-order valence-electron chi connectivity index (χ1n) is 6.48. The van der Waals surface area contributed by atoms with Gasteiger partial charge in [-0.3, -0.25) is 4.79 Å². The van der Waals surface area contributed by atoms with Gasteiger partial charge in [0.15, 0.2) is 0 Å². The van der Waals surface area contributed by atoms with E-state index < -0.39 is 17.7 Å². The SMILES string of the molecule is CC(NC(=O)C1CCC(N)C1)c1ccc(F)cc1F.Cl. The lowest BCUT2D eigenvalue weighted by atomic mass is 10.0. The largest absolute Gasteiger partial charge is 0.349 e. The molecule has 0 aromatic heterocycles. The Hall–Kier alpha value is -1.20. The fraction of sp³-hybridized carbons (Fsp3) is 0.500. The number of hydrogen-bond acceptors (Lipinski definition) is 2. The highest BCUT2D eigenvalue weighted by molar-refractivity contribution is 5.85.